The zero-order valence-electron chi connectivity index (χ0n) is 13.1. The third-order valence-corrected chi connectivity index (χ3v) is 7.72. The maximum absolute atomic E-state index is 12.7. The number of rotatable bonds is 0. The van der Waals surface area contributed by atoms with Crippen molar-refractivity contribution in [1.82, 2.24) is 0 Å². The highest BCUT2D eigenvalue weighted by molar-refractivity contribution is 5.89. The number of Topliss-reactive ketones (excluding diaryl/α,β-unsaturated/α-hetero) is 1. The van der Waals surface area contributed by atoms with E-state index >= 15 is 0 Å². The van der Waals surface area contributed by atoms with Crippen LogP contribution in [0, 0.1) is 28.6 Å². The average Bonchev–Trinajstić information content (AvgIpc) is 2.82. The standard InChI is InChI=1S/C19H28O/c1-18-11-4-6-15(18)14-9-8-13-5-3-7-17(20)19(13,2)16(14)10-12-18/h5,14-16H,3-4,6-12H2,1-2H3/t14-,15-,16-,18-,19-/m0/s1. The van der Waals surface area contributed by atoms with Crippen LogP contribution in [0.15, 0.2) is 11.6 Å². The average molecular weight is 272 g/mol. The summed E-state index contributed by atoms with van der Waals surface area (Å²) in [4.78, 5) is 12.7. The van der Waals surface area contributed by atoms with Crippen molar-refractivity contribution in [3.63, 3.8) is 0 Å². The molecule has 20 heavy (non-hydrogen) atoms. The van der Waals surface area contributed by atoms with Gasteiger partial charge in [0.25, 0.3) is 0 Å². The van der Waals surface area contributed by atoms with Gasteiger partial charge in [0.1, 0.15) is 5.78 Å². The first-order chi connectivity index (χ1) is 9.56. The van der Waals surface area contributed by atoms with Crippen LogP contribution in [0.1, 0.15) is 71.6 Å². The predicted octanol–water partition coefficient (Wildman–Crippen LogP) is 4.91. The molecule has 0 heterocycles. The van der Waals surface area contributed by atoms with Crippen LogP contribution in [-0.2, 0) is 4.79 Å². The van der Waals surface area contributed by atoms with E-state index in [1.54, 1.807) is 0 Å². The Morgan fingerprint density at radius 2 is 1.90 bits per heavy atom. The number of hydrogen-bond acceptors (Lipinski definition) is 1. The molecule has 0 radical (unpaired) electrons. The van der Waals surface area contributed by atoms with E-state index in [2.05, 4.69) is 19.9 Å². The van der Waals surface area contributed by atoms with Crippen molar-refractivity contribution in [3.8, 4) is 0 Å². The van der Waals surface area contributed by atoms with Gasteiger partial charge in [-0.3, -0.25) is 4.79 Å². The van der Waals surface area contributed by atoms with Gasteiger partial charge in [-0.2, -0.15) is 0 Å². The number of allylic oxidation sites excluding steroid dienone is 2. The smallest absolute Gasteiger partial charge is 0.143 e. The largest absolute Gasteiger partial charge is 0.299 e. The zero-order valence-corrected chi connectivity index (χ0v) is 13.1. The summed E-state index contributed by atoms with van der Waals surface area (Å²) in [5.41, 5.74) is 2.04. The molecule has 0 N–H and O–H groups in total. The number of ketones is 1. The molecule has 0 amide bonds. The van der Waals surface area contributed by atoms with E-state index in [4.69, 9.17) is 0 Å². The van der Waals surface area contributed by atoms with Crippen molar-refractivity contribution in [1.29, 1.82) is 0 Å². The molecule has 0 aliphatic heterocycles. The van der Waals surface area contributed by atoms with E-state index in [-0.39, 0.29) is 5.41 Å². The molecule has 0 aromatic heterocycles. The molecule has 0 saturated heterocycles. The van der Waals surface area contributed by atoms with E-state index < -0.39 is 0 Å². The van der Waals surface area contributed by atoms with Crippen molar-refractivity contribution >= 4 is 5.78 Å². The molecule has 4 rings (SSSR count). The highest BCUT2D eigenvalue weighted by Crippen LogP contribution is 2.64. The summed E-state index contributed by atoms with van der Waals surface area (Å²) < 4.78 is 0. The Kier molecular flexibility index (Phi) is 2.76. The fourth-order valence-corrected chi connectivity index (χ4v) is 6.56. The molecule has 0 bridgehead atoms. The topological polar surface area (TPSA) is 17.1 Å². The maximum atomic E-state index is 12.7. The normalized spacial score (nSPS) is 51.0. The summed E-state index contributed by atoms with van der Waals surface area (Å²) >= 11 is 0. The molecule has 5 atom stereocenters. The highest BCUT2D eigenvalue weighted by atomic mass is 16.1. The Labute approximate surface area is 123 Å². The molecule has 4 aliphatic carbocycles. The summed E-state index contributed by atoms with van der Waals surface area (Å²) in [7, 11) is 0. The quantitative estimate of drug-likeness (QED) is 0.573. The second-order valence-corrected chi connectivity index (χ2v) is 8.39. The molecule has 0 aromatic rings. The second kappa shape index (κ2) is 4.21. The maximum Gasteiger partial charge on any atom is 0.143 e. The molecule has 0 spiro atoms. The SMILES string of the molecule is C[C@@]12CCC[C@H]1[C@@H]1CCC3=CCCC(=O)[C@]3(C)[C@H]1CC2. The Morgan fingerprint density at radius 1 is 1.05 bits per heavy atom. The highest BCUT2D eigenvalue weighted by Gasteiger charge is 2.58. The summed E-state index contributed by atoms with van der Waals surface area (Å²) in [5.74, 6) is 2.97. The van der Waals surface area contributed by atoms with Gasteiger partial charge in [-0.15, -0.1) is 0 Å². The van der Waals surface area contributed by atoms with Crippen LogP contribution in [0.25, 0.3) is 0 Å². The van der Waals surface area contributed by atoms with Gasteiger partial charge in [-0.25, -0.2) is 0 Å². The lowest BCUT2D eigenvalue weighted by Crippen LogP contribution is -2.52. The van der Waals surface area contributed by atoms with Crippen LogP contribution in [0.5, 0.6) is 0 Å². The number of carbonyl (C=O) groups is 1. The number of fused-ring (bicyclic) bond motifs is 5. The molecule has 0 unspecified atom stereocenters. The first kappa shape index (κ1) is 13.1. The van der Waals surface area contributed by atoms with Crippen LogP contribution < -0.4 is 0 Å². The number of hydrogen-bond donors (Lipinski definition) is 0. The van der Waals surface area contributed by atoms with Crippen LogP contribution in [-0.4, -0.2) is 5.78 Å². The van der Waals surface area contributed by atoms with Gasteiger partial charge in [-0.05, 0) is 75.0 Å². The van der Waals surface area contributed by atoms with Gasteiger partial charge in [0, 0.05) is 6.42 Å². The molecular formula is C19H28O. The van der Waals surface area contributed by atoms with Crippen molar-refractivity contribution < 1.29 is 4.79 Å². The van der Waals surface area contributed by atoms with Gasteiger partial charge < -0.3 is 0 Å². The first-order valence-electron chi connectivity index (χ1n) is 8.78. The second-order valence-electron chi connectivity index (χ2n) is 8.39. The molecule has 1 nitrogen and oxygen atoms in total. The van der Waals surface area contributed by atoms with E-state index in [9.17, 15) is 4.79 Å². The lowest BCUT2D eigenvalue weighted by atomic mass is 9.47. The summed E-state index contributed by atoms with van der Waals surface area (Å²) in [6.45, 7) is 4.84. The Bertz CT molecular complexity index is 476. The minimum Gasteiger partial charge on any atom is -0.299 e. The minimum atomic E-state index is -0.0783. The molecule has 4 aliphatic rings. The van der Waals surface area contributed by atoms with Crippen molar-refractivity contribution in [3.05, 3.63) is 11.6 Å². The Morgan fingerprint density at radius 3 is 2.75 bits per heavy atom. The fraction of sp³-hybridized carbons (Fsp3) is 0.842. The van der Waals surface area contributed by atoms with Gasteiger partial charge in [0.05, 0.1) is 5.41 Å². The van der Waals surface area contributed by atoms with Gasteiger partial charge in [0.15, 0.2) is 0 Å². The molecular weight excluding hydrogens is 244 g/mol. The lowest BCUT2D eigenvalue weighted by Gasteiger charge is -2.56. The first-order valence-corrected chi connectivity index (χ1v) is 8.78. The lowest BCUT2D eigenvalue weighted by molar-refractivity contribution is -0.136. The monoisotopic (exact) mass is 272 g/mol. The Hall–Kier alpha value is -0.590. The minimum absolute atomic E-state index is 0.0783. The molecule has 3 fully saturated rings. The summed E-state index contributed by atoms with van der Waals surface area (Å²) in [5, 5.41) is 0. The summed E-state index contributed by atoms with van der Waals surface area (Å²) in [6, 6.07) is 0. The molecule has 3 saturated carbocycles. The van der Waals surface area contributed by atoms with Gasteiger partial charge >= 0.3 is 0 Å². The van der Waals surface area contributed by atoms with Crippen LogP contribution in [0.2, 0.25) is 0 Å². The van der Waals surface area contributed by atoms with Gasteiger partial charge in [0.2, 0.25) is 0 Å². The summed E-state index contributed by atoms with van der Waals surface area (Å²) in [6.07, 6.45) is 13.8. The van der Waals surface area contributed by atoms with Crippen molar-refractivity contribution in [2.24, 2.45) is 28.6 Å². The van der Waals surface area contributed by atoms with Crippen LogP contribution in [0.3, 0.4) is 0 Å². The van der Waals surface area contributed by atoms with Crippen LogP contribution >= 0.6 is 0 Å². The van der Waals surface area contributed by atoms with Gasteiger partial charge in [-0.1, -0.05) is 25.0 Å². The van der Waals surface area contributed by atoms with E-state index in [1.807, 2.05) is 0 Å². The van der Waals surface area contributed by atoms with E-state index in [0.717, 1.165) is 24.7 Å². The number of carbonyl (C=O) groups excluding carboxylic acids is 1. The fourth-order valence-electron chi connectivity index (χ4n) is 6.56. The molecule has 110 valence electrons. The van der Waals surface area contributed by atoms with E-state index in [0.29, 0.717) is 17.1 Å². The van der Waals surface area contributed by atoms with Crippen molar-refractivity contribution in [2.75, 3.05) is 0 Å². The third kappa shape index (κ3) is 1.53. The molecule has 0 aromatic carbocycles. The zero-order chi connectivity index (χ0) is 14.0. The third-order valence-electron chi connectivity index (χ3n) is 7.72. The van der Waals surface area contributed by atoms with E-state index in [1.165, 1.54) is 50.5 Å². The van der Waals surface area contributed by atoms with Crippen LogP contribution in [0.4, 0.5) is 0 Å². The molecule has 1 heteroatoms. The Balaban J connectivity index is 1.73. The predicted molar refractivity (Wildman–Crippen MR) is 81.3 cm³/mol. The van der Waals surface area contributed by atoms with Crippen molar-refractivity contribution in [2.45, 2.75) is 71.6 Å².